The van der Waals surface area contributed by atoms with E-state index in [4.69, 9.17) is 14.7 Å². The van der Waals surface area contributed by atoms with Gasteiger partial charge < -0.3 is 34.6 Å². The Morgan fingerprint density at radius 2 is 1.48 bits per heavy atom. The number of amides is 3. The fourth-order valence-corrected chi connectivity index (χ4v) is 5.36. The van der Waals surface area contributed by atoms with E-state index in [-0.39, 0.29) is 11.9 Å². The van der Waals surface area contributed by atoms with Gasteiger partial charge in [-0.25, -0.2) is 14.8 Å². The van der Waals surface area contributed by atoms with E-state index >= 15 is 0 Å². The number of hydrogen-bond donors (Lipinski definition) is 2. The van der Waals surface area contributed by atoms with E-state index in [1.807, 2.05) is 35.2 Å². The van der Waals surface area contributed by atoms with E-state index in [9.17, 15) is 9.59 Å². The number of hydrogen-bond acceptors (Lipinski definition) is 7. The Morgan fingerprint density at radius 1 is 0.833 bits per heavy atom. The van der Waals surface area contributed by atoms with E-state index < -0.39 is 0 Å². The largest absolute Gasteiger partial charge is 0.378 e. The molecule has 2 aliphatic heterocycles. The molecule has 4 heterocycles. The summed E-state index contributed by atoms with van der Waals surface area (Å²) in [6.07, 6.45) is 2.05. The number of rotatable bonds is 6. The Bertz CT molecular complexity index is 1550. The summed E-state index contributed by atoms with van der Waals surface area (Å²) in [4.78, 5) is 41.6. The number of ether oxygens (including phenoxy) is 1. The SMILES string of the molecule is CCn1ccc2nc(-c3ccc(NC(=O)Nc4ccc(C(=O)N5CCN(C)CC5)cc4)cc3)nc(N3CCOCC3)c21. The number of benzene rings is 2. The van der Waals surface area contributed by atoms with E-state index in [1.54, 1.807) is 24.3 Å². The molecular formula is C31H36N8O3. The molecule has 2 saturated heterocycles. The second kappa shape index (κ2) is 12.2. The number of carbonyl (C=O) groups excluding carboxylic acids is 2. The Morgan fingerprint density at radius 3 is 2.12 bits per heavy atom. The molecule has 218 valence electrons. The first-order valence-electron chi connectivity index (χ1n) is 14.4. The summed E-state index contributed by atoms with van der Waals surface area (Å²) in [6, 6.07) is 16.2. The molecule has 0 radical (unpaired) electrons. The molecule has 0 saturated carbocycles. The first kappa shape index (κ1) is 27.7. The van der Waals surface area contributed by atoms with Crippen LogP contribution in [0, 0.1) is 0 Å². The molecule has 0 atom stereocenters. The van der Waals surface area contributed by atoms with Gasteiger partial charge in [0.15, 0.2) is 11.6 Å². The Hall–Kier alpha value is -4.48. The van der Waals surface area contributed by atoms with Crippen molar-refractivity contribution in [3.8, 4) is 11.4 Å². The molecule has 0 spiro atoms. The molecular weight excluding hydrogens is 532 g/mol. The van der Waals surface area contributed by atoms with Crippen LogP contribution in [-0.4, -0.2) is 95.8 Å². The maximum Gasteiger partial charge on any atom is 0.323 e. The second-order valence-corrected chi connectivity index (χ2v) is 10.6. The lowest BCUT2D eigenvalue weighted by molar-refractivity contribution is 0.0664. The third kappa shape index (κ3) is 5.93. The number of nitrogens with zero attached hydrogens (tertiary/aromatic N) is 6. The number of fused-ring (bicyclic) bond motifs is 1. The van der Waals surface area contributed by atoms with Gasteiger partial charge in [-0.2, -0.15) is 0 Å². The molecule has 4 aromatic rings. The van der Waals surface area contributed by atoms with Crippen molar-refractivity contribution in [1.29, 1.82) is 0 Å². The van der Waals surface area contributed by atoms with Crippen LogP contribution >= 0.6 is 0 Å². The van der Waals surface area contributed by atoms with E-state index in [0.29, 0.717) is 36.0 Å². The van der Waals surface area contributed by atoms with E-state index in [2.05, 4.69) is 45.2 Å². The summed E-state index contributed by atoms with van der Waals surface area (Å²) in [7, 11) is 2.06. The van der Waals surface area contributed by atoms with Crippen molar-refractivity contribution in [2.45, 2.75) is 13.5 Å². The zero-order valence-electron chi connectivity index (χ0n) is 24.0. The Balaban J connectivity index is 1.11. The lowest BCUT2D eigenvalue weighted by Gasteiger charge is -2.32. The first-order chi connectivity index (χ1) is 20.5. The summed E-state index contributed by atoms with van der Waals surface area (Å²) in [5.41, 5.74) is 4.67. The van der Waals surface area contributed by atoms with Gasteiger partial charge in [-0.15, -0.1) is 0 Å². The number of piperazine rings is 1. The first-order valence-corrected chi connectivity index (χ1v) is 14.4. The summed E-state index contributed by atoms with van der Waals surface area (Å²) >= 11 is 0. The molecule has 2 fully saturated rings. The van der Waals surface area contributed by atoms with Crippen molar-refractivity contribution in [2.24, 2.45) is 0 Å². The normalized spacial score (nSPS) is 16.0. The van der Waals surface area contributed by atoms with Crippen molar-refractivity contribution in [1.82, 2.24) is 24.3 Å². The molecule has 11 heteroatoms. The van der Waals surface area contributed by atoms with Gasteiger partial charge in [-0.05, 0) is 68.6 Å². The number of urea groups is 1. The van der Waals surface area contributed by atoms with Gasteiger partial charge in [0.1, 0.15) is 5.52 Å². The van der Waals surface area contributed by atoms with Gasteiger partial charge in [0.25, 0.3) is 5.91 Å². The molecule has 0 bridgehead atoms. The molecule has 6 rings (SSSR count). The third-order valence-electron chi connectivity index (χ3n) is 7.82. The topological polar surface area (TPSA) is 108 Å². The predicted octanol–water partition coefficient (Wildman–Crippen LogP) is 3.99. The van der Waals surface area contributed by atoms with Gasteiger partial charge in [-0.3, -0.25) is 4.79 Å². The van der Waals surface area contributed by atoms with Crippen molar-refractivity contribution in [3.05, 3.63) is 66.4 Å². The number of nitrogens with one attached hydrogen (secondary N) is 2. The quantitative estimate of drug-likeness (QED) is 0.362. The molecule has 2 aliphatic rings. The third-order valence-corrected chi connectivity index (χ3v) is 7.82. The molecule has 0 aliphatic carbocycles. The number of morpholine rings is 1. The van der Waals surface area contributed by atoms with Crippen LogP contribution in [0.3, 0.4) is 0 Å². The average Bonchev–Trinajstić information content (AvgIpc) is 3.45. The van der Waals surface area contributed by atoms with Gasteiger partial charge in [0.2, 0.25) is 0 Å². The van der Waals surface area contributed by atoms with Crippen LogP contribution in [0.15, 0.2) is 60.8 Å². The fourth-order valence-electron chi connectivity index (χ4n) is 5.36. The zero-order valence-corrected chi connectivity index (χ0v) is 24.0. The lowest BCUT2D eigenvalue weighted by Crippen LogP contribution is -2.47. The van der Waals surface area contributed by atoms with Crippen LogP contribution in [0.2, 0.25) is 0 Å². The average molecular weight is 569 g/mol. The van der Waals surface area contributed by atoms with E-state index in [0.717, 1.165) is 68.2 Å². The van der Waals surface area contributed by atoms with Crippen LogP contribution in [0.4, 0.5) is 22.0 Å². The van der Waals surface area contributed by atoms with Gasteiger partial charge in [0.05, 0.1) is 18.7 Å². The molecule has 0 unspecified atom stereocenters. The molecule has 42 heavy (non-hydrogen) atoms. The number of likely N-dealkylation sites (N-methyl/N-ethyl adjacent to an activating group) is 1. The summed E-state index contributed by atoms with van der Waals surface area (Å²) in [5.74, 6) is 1.57. The van der Waals surface area contributed by atoms with Crippen LogP contribution in [0.25, 0.3) is 22.4 Å². The Kier molecular flexibility index (Phi) is 8.02. The van der Waals surface area contributed by atoms with Crippen LogP contribution in [-0.2, 0) is 11.3 Å². The summed E-state index contributed by atoms with van der Waals surface area (Å²) < 4.78 is 7.74. The fraction of sp³-hybridized carbons (Fsp3) is 0.355. The summed E-state index contributed by atoms with van der Waals surface area (Å²) in [5, 5.41) is 5.71. The number of anilines is 3. The minimum atomic E-state index is -0.367. The van der Waals surface area contributed by atoms with Crippen molar-refractivity contribution < 1.29 is 14.3 Å². The van der Waals surface area contributed by atoms with Crippen molar-refractivity contribution in [2.75, 3.05) is 75.1 Å². The molecule has 2 N–H and O–H groups in total. The Labute approximate surface area is 245 Å². The highest BCUT2D eigenvalue weighted by atomic mass is 16.5. The highest BCUT2D eigenvalue weighted by Gasteiger charge is 2.22. The number of aryl methyl sites for hydroxylation is 1. The van der Waals surface area contributed by atoms with E-state index in [1.165, 1.54) is 0 Å². The molecule has 2 aromatic heterocycles. The van der Waals surface area contributed by atoms with Gasteiger partial charge in [0, 0.05) is 74.5 Å². The highest BCUT2D eigenvalue weighted by molar-refractivity contribution is 6.00. The zero-order chi connectivity index (χ0) is 29.1. The van der Waals surface area contributed by atoms with Crippen molar-refractivity contribution >= 4 is 40.2 Å². The predicted molar refractivity (Wildman–Crippen MR) is 164 cm³/mol. The standard InChI is InChI=1S/C31H36N8O3/c1-3-37-13-12-26-27(37)29(38-18-20-42-21-19-38)35-28(34-26)22-4-8-24(9-5-22)32-31(41)33-25-10-6-23(7-11-25)30(40)39-16-14-36(2)15-17-39/h4-13H,3,14-21H2,1-2H3,(H2,32,33,41). The minimum absolute atomic E-state index is 0.0160. The number of carbonyl (C=O) groups is 2. The molecule has 2 aromatic carbocycles. The monoisotopic (exact) mass is 568 g/mol. The maximum absolute atomic E-state index is 12.8. The minimum Gasteiger partial charge on any atom is -0.378 e. The summed E-state index contributed by atoms with van der Waals surface area (Å²) in [6.45, 7) is 9.06. The smallest absolute Gasteiger partial charge is 0.323 e. The van der Waals surface area contributed by atoms with Gasteiger partial charge >= 0.3 is 6.03 Å². The second-order valence-electron chi connectivity index (χ2n) is 10.6. The van der Waals surface area contributed by atoms with Crippen molar-refractivity contribution in [3.63, 3.8) is 0 Å². The van der Waals surface area contributed by atoms with Gasteiger partial charge in [-0.1, -0.05) is 0 Å². The maximum atomic E-state index is 12.8. The highest BCUT2D eigenvalue weighted by Crippen LogP contribution is 2.29. The molecule has 3 amide bonds. The van der Waals surface area contributed by atoms with Crippen LogP contribution < -0.4 is 15.5 Å². The number of aromatic nitrogens is 3. The van der Waals surface area contributed by atoms with Crippen LogP contribution in [0.5, 0.6) is 0 Å². The van der Waals surface area contributed by atoms with Crippen LogP contribution in [0.1, 0.15) is 17.3 Å². The lowest BCUT2D eigenvalue weighted by atomic mass is 10.1. The molecule has 11 nitrogen and oxygen atoms in total.